The summed E-state index contributed by atoms with van der Waals surface area (Å²) < 4.78 is 7.57. The number of pyridine rings is 1. The van der Waals surface area contributed by atoms with Crippen molar-refractivity contribution >= 4 is 40.2 Å². The second-order valence-corrected chi connectivity index (χ2v) is 9.14. The molecule has 9 heteroatoms. The minimum absolute atomic E-state index is 0.0454. The molecule has 2 heterocycles. The number of carbonyl (C=O) groups is 1. The van der Waals surface area contributed by atoms with Crippen molar-refractivity contribution in [2.24, 2.45) is 0 Å². The molecule has 1 N–H and O–H groups in total. The second kappa shape index (κ2) is 9.60. The van der Waals surface area contributed by atoms with Gasteiger partial charge >= 0.3 is 5.97 Å². The summed E-state index contributed by atoms with van der Waals surface area (Å²) in [5.41, 5.74) is 4.04. The molecule has 0 saturated carbocycles. The highest BCUT2D eigenvalue weighted by Gasteiger charge is 2.23. The van der Waals surface area contributed by atoms with E-state index in [4.69, 9.17) is 27.9 Å². The number of nitrogens with zero attached hydrogens (tertiary/aromatic N) is 4. The maximum absolute atomic E-state index is 11.6. The van der Waals surface area contributed by atoms with E-state index >= 15 is 0 Å². The zero-order chi connectivity index (χ0) is 24.6. The molecule has 2 aromatic heterocycles. The molecule has 1 unspecified atom stereocenters. The van der Waals surface area contributed by atoms with E-state index in [2.05, 4.69) is 15.3 Å². The fraction of sp³-hybridized carbons (Fsp3) is 0.280. The van der Waals surface area contributed by atoms with Crippen LogP contribution in [0.3, 0.4) is 0 Å². The van der Waals surface area contributed by atoms with E-state index in [0.717, 1.165) is 11.1 Å². The molecule has 0 fully saturated rings. The van der Waals surface area contributed by atoms with Gasteiger partial charge in [-0.2, -0.15) is 0 Å². The van der Waals surface area contributed by atoms with Crippen LogP contribution in [-0.2, 0) is 4.79 Å². The molecular weight excluding hydrogens is 475 g/mol. The molecule has 0 amide bonds. The lowest BCUT2D eigenvalue weighted by atomic mass is 9.94. The number of rotatable bonds is 7. The Bertz CT molecular complexity index is 1370. The lowest BCUT2D eigenvalue weighted by Gasteiger charge is -2.20. The summed E-state index contributed by atoms with van der Waals surface area (Å²) in [5.74, 6) is -1.04. The minimum atomic E-state index is -0.901. The average Bonchev–Trinajstić information content (AvgIpc) is 3.23. The van der Waals surface area contributed by atoms with Crippen LogP contribution in [0.25, 0.3) is 22.3 Å². The van der Waals surface area contributed by atoms with Crippen molar-refractivity contribution < 1.29 is 14.6 Å². The number of aromatic nitrogens is 4. The molecule has 4 rings (SSSR count). The fourth-order valence-electron chi connectivity index (χ4n) is 3.92. The number of aliphatic carboxylic acids is 1. The lowest BCUT2D eigenvalue weighted by molar-refractivity contribution is -0.138. The predicted octanol–water partition coefficient (Wildman–Crippen LogP) is 6.38. The Morgan fingerprint density at radius 3 is 2.53 bits per heavy atom. The van der Waals surface area contributed by atoms with E-state index in [1.54, 1.807) is 36.0 Å². The summed E-state index contributed by atoms with van der Waals surface area (Å²) in [6.07, 6.45) is 1.58. The highest BCUT2D eigenvalue weighted by atomic mass is 35.5. The van der Waals surface area contributed by atoms with Gasteiger partial charge in [-0.05, 0) is 51.5 Å². The van der Waals surface area contributed by atoms with Crippen molar-refractivity contribution in [3.05, 3.63) is 69.8 Å². The molecule has 176 valence electrons. The van der Waals surface area contributed by atoms with Gasteiger partial charge in [0.15, 0.2) is 0 Å². The van der Waals surface area contributed by atoms with Crippen molar-refractivity contribution in [1.29, 1.82) is 0 Å². The van der Waals surface area contributed by atoms with Gasteiger partial charge in [0, 0.05) is 16.1 Å². The molecule has 2 atom stereocenters. The Hall–Kier alpha value is -3.16. The number of carboxylic acid groups (broad SMARTS) is 1. The number of hydrogen-bond acceptors (Lipinski definition) is 5. The normalized spacial score (nSPS) is 13.3. The molecule has 0 aliphatic carbocycles. The summed E-state index contributed by atoms with van der Waals surface area (Å²) in [6, 6.07) is 12.4. The molecular formula is C25H24Cl2N4O3. The molecule has 0 aliphatic rings. The number of ether oxygens (including phenoxy) is 1. The zero-order valence-corrected chi connectivity index (χ0v) is 20.7. The van der Waals surface area contributed by atoms with Gasteiger partial charge in [-0.1, -0.05) is 52.7 Å². The Morgan fingerprint density at radius 2 is 1.82 bits per heavy atom. The molecule has 0 spiro atoms. The quantitative estimate of drug-likeness (QED) is 0.317. The van der Waals surface area contributed by atoms with Crippen LogP contribution in [0.1, 0.15) is 50.8 Å². The first-order valence-electron chi connectivity index (χ1n) is 10.9. The van der Waals surface area contributed by atoms with E-state index in [9.17, 15) is 9.90 Å². The fourth-order valence-corrected chi connectivity index (χ4v) is 4.65. The molecule has 2 aromatic carbocycles. The number of fused-ring (bicyclic) bond motifs is 1. The van der Waals surface area contributed by atoms with Gasteiger partial charge in [0.1, 0.15) is 11.3 Å². The van der Waals surface area contributed by atoms with Crippen LogP contribution in [0.15, 0.2) is 48.7 Å². The van der Waals surface area contributed by atoms with Crippen molar-refractivity contribution in [3.63, 3.8) is 0 Å². The third-order valence-electron chi connectivity index (χ3n) is 5.67. The molecule has 0 saturated heterocycles. The molecule has 0 radical (unpaired) electrons. The van der Waals surface area contributed by atoms with E-state index in [-0.39, 0.29) is 12.1 Å². The first-order chi connectivity index (χ1) is 16.2. The van der Waals surface area contributed by atoms with Crippen LogP contribution < -0.4 is 4.74 Å². The standard InChI is InChI=1S/C25H24Cl2N4O3/c1-13(2)34-22-10-9-18(26)23(24(22)27)15(4)31-21-11-19(28-12-20(21)29-30-31)17-8-6-5-7-16(17)14(3)25(32)33/h5-15H,1-4H3,(H,32,33)/t14?,15-/m1/s1. The third-order valence-corrected chi connectivity index (χ3v) is 6.39. The van der Waals surface area contributed by atoms with Gasteiger partial charge in [0.25, 0.3) is 0 Å². The highest BCUT2D eigenvalue weighted by Crippen LogP contribution is 2.40. The van der Waals surface area contributed by atoms with Gasteiger partial charge in [0.2, 0.25) is 0 Å². The van der Waals surface area contributed by atoms with E-state index in [1.807, 2.05) is 45.0 Å². The first kappa shape index (κ1) is 24.0. The van der Waals surface area contributed by atoms with Crippen LogP contribution in [-0.4, -0.2) is 37.2 Å². The maximum Gasteiger partial charge on any atom is 0.310 e. The number of carboxylic acids is 1. The van der Waals surface area contributed by atoms with Crippen LogP contribution in [0.2, 0.25) is 10.0 Å². The van der Waals surface area contributed by atoms with Crippen LogP contribution in [0, 0.1) is 0 Å². The van der Waals surface area contributed by atoms with Gasteiger partial charge < -0.3 is 9.84 Å². The topological polar surface area (TPSA) is 90.1 Å². The SMILES string of the molecule is CC(C)Oc1ccc(Cl)c([C@@H](C)n2nnc3cnc(-c4ccccc4C(C)C(=O)O)cc32)c1Cl. The van der Waals surface area contributed by atoms with Crippen molar-refractivity contribution in [2.75, 3.05) is 0 Å². The molecule has 0 bridgehead atoms. The smallest absolute Gasteiger partial charge is 0.310 e. The van der Waals surface area contributed by atoms with Gasteiger partial charge in [-0.3, -0.25) is 9.78 Å². The Kier molecular flexibility index (Phi) is 6.77. The Labute approximate surface area is 207 Å². The molecule has 7 nitrogen and oxygen atoms in total. The summed E-state index contributed by atoms with van der Waals surface area (Å²) >= 11 is 13.2. The van der Waals surface area contributed by atoms with Gasteiger partial charge in [-0.15, -0.1) is 5.10 Å². The van der Waals surface area contributed by atoms with Gasteiger partial charge in [0.05, 0.1) is 40.5 Å². The van der Waals surface area contributed by atoms with Gasteiger partial charge in [-0.25, -0.2) is 4.68 Å². The predicted molar refractivity (Wildman–Crippen MR) is 133 cm³/mol. The first-order valence-corrected chi connectivity index (χ1v) is 11.6. The summed E-state index contributed by atoms with van der Waals surface area (Å²) in [7, 11) is 0. The second-order valence-electron chi connectivity index (χ2n) is 8.36. The maximum atomic E-state index is 11.6. The van der Waals surface area contributed by atoms with Crippen molar-refractivity contribution in [1.82, 2.24) is 20.0 Å². The van der Waals surface area contributed by atoms with Crippen LogP contribution in [0.4, 0.5) is 0 Å². The van der Waals surface area contributed by atoms with Crippen LogP contribution >= 0.6 is 23.2 Å². The summed E-state index contributed by atoms with van der Waals surface area (Å²) in [4.78, 5) is 16.2. The van der Waals surface area contributed by atoms with E-state index < -0.39 is 11.9 Å². The Balaban J connectivity index is 1.82. The molecule has 34 heavy (non-hydrogen) atoms. The average molecular weight is 499 g/mol. The Morgan fingerprint density at radius 1 is 1.09 bits per heavy atom. The van der Waals surface area contributed by atoms with Crippen molar-refractivity contribution in [2.45, 2.75) is 45.8 Å². The number of benzene rings is 2. The zero-order valence-electron chi connectivity index (χ0n) is 19.2. The minimum Gasteiger partial charge on any atom is -0.489 e. The molecule has 4 aromatic rings. The number of halogens is 2. The van der Waals surface area contributed by atoms with Crippen molar-refractivity contribution in [3.8, 4) is 17.0 Å². The van der Waals surface area contributed by atoms with Crippen LogP contribution in [0.5, 0.6) is 5.75 Å². The summed E-state index contributed by atoms with van der Waals surface area (Å²) in [6.45, 7) is 7.44. The highest BCUT2D eigenvalue weighted by molar-refractivity contribution is 6.37. The third kappa shape index (κ3) is 4.45. The lowest BCUT2D eigenvalue weighted by Crippen LogP contribution is -2.12. The largest absolute Gasteiger partial charge is 0.489 e. The monoisotopic (exact) mass is 498 g/mol. The summed E-state index contributed by atoms with van der Waals surface area (Å²) in [5, 5.41) is 19.0. The molecule has 0 aliphatic heterocycles. The van der Waals surface area contributed by atoms with E-state index in [0.29, 0.717) is 38.1 Å². The van der Waals surface area contributed by atoms with E-state index in [1.165, 1.54) is 0 Å². The number of hydrogen-bond donors (Lipinski definition) is 1.